The van der Waals surface area contributed by atoms with E-state index >= 15 is 0 Å². The Hall–Kier alpha value is 18.0. The molecule has 0 saturated carbocycles. The smallest absolute Gasteiger partial charge is 0 e. The van der Waals surface area contributed by atoms with Crippen molar-refractivity contribution in [2.75, 3.05) is 0 Å². The molecule has 0 saturated heterocycles. The van der Waals surface area contributed by atoms with E-state index in [1.165, 1.54) is 0 Å². The van der Waals surface area contributed by atoms with Gasteiger partial charge in [-0.1, -0.05) is 0 Å². The molecule has 11 radical (unpaired) electrons. The van der Waals surface area contributed by atoms with Crippen molar-refractivity contribution in [3.8, 4) is 0 Å². The molecule has 61 heavy (non-hydrogen) atoms. The quantitative estimate of drug-likeness (QED) is 0.204. The molecule has 0 amide bonds. The topological polar surface area (TPSA) is 1290 Å². The van der Waals surface area contributed by atoms with Gasteiger partial charge in [0.2, 0.25) is 0 Å². The maximum absolute atomic E-state index is 0. The first-order valence-electron chi connectivity index (χ1n) is 0. The predicted molar refractivity (Wildman–Crippen MR) is 194 cm³/mol. The molecule has 0 fully saturated rings. The van der Waals surface area contributed by atoms with Crippen molar-refractivity contribution in [3.63, 3.8) is 0 Å². The standard InChI is InChI=1S/B.7K.41H2O.V.11W/h;;;;;;;;41*1H2;;;;;;;;;;;;. The molecule has 0 aromatic heterocycles. The van der Waals surface area contributed by atoms with Crippen LogP contribution >= 0.6 is 0 Å². The van der Waals surface area contributed by atoms with Crippen molar-refractivity contribution in [2.24, 2.45) is 0 Å². The largest absolute Gasteiger partial charge is 0.412 e. The molecule has 0 aliphatic rings. The van der Waals surface area contributed by atoms with Crippen molar-refractivity contribution in [1.29, 1.82) is 0 Å². The third kappa shape index (κ3) is 1390. The zero-order valence-corrected chi connectivity index (χ0v) is 88.5. The summed E-state index contributed by atoms with van der Waals surface area (Å²) in [6, 6.07) is 0. The van der Waals surface area contributed by atoms with Crippen LogP contribution in [-0.4, -0.2) is 593 Å². The molecule has 0 spiro atoms. The zero-order valence-electron chi connectivity index (χ0n) is 33.0. The summed E-state index contributed by atoms with van der Waals surface area (Å²) in [7, 11) is 0. The number of rotatable bonds is 0. The Morgan fingerprint density at radius 2 is 0.0820 bits per heavy atom. The molecule has 0 aliphatic carbocycles. The van der Waals surface area contributed by atoms with Crippen LogP contribution in [0.4, 0.5) is 0 Å². The number of hydrogen-bond acceptors (Lipinski definition) is 0. The summed E-state index contributed by atoms with van der Waals surface area (Å²) in [6.45, 7) is 0. The molecule has 0 aromatic rings. The fourth-order valence-corrected chi connectivity index (χ4v) is 0. The Kier molecular flexibility index (Phi) is 34500. The van der Waals surface area contributed by atoms with Gasteiger partial charge in [0.15, 0.2) is 0 Å². The van der Waals surface area contributed by atoms with E-state index in [1.54, 1.807) is 0 Å². The SMILES string of the molecule is O.O.O.O.O.O.O.O.O.O.O.O.O.O.O.O.O.O.O.O.O.O.O.O.O.O.O.O.O.O.O.O.O.O.O.O.O.O.O.O.O.[B].[K].[K].[K].[K].[K].[K].[K].[V].[W].[W].[W].[W].[W].[W].[W].[W].[W].[W].[W]. The molecule has 0 aliphatic heterocycles. The minimum Gasteiger partial charge on any atom is -0.412 e. The van der Waals surface area contributed by atoms with Gasteiger partial charge in [-0.2, -0.15) is 0 Å². The first-order valence-corrected chi connectivity index (χ1v) is 0. The van der Waals surface area contributed by atoms with Gasteiger partial charge in [-0.05, 0) is 0 Å². The molecule has 41 nitrogen and oxygen atoms in total. The van der Waals surface area contributed by atoms with Gasteiger partial charge >= 0.3 is 0 Å². The molecular weight excluding hydrogens is 3010 g/mol. The van der Waals surface area contributed by atoms with Crippen LogP contribution in [0.5, 0.6) is 0 Å². The van der Waals surface area contributed by atoms with Gasteiger partial charge in [-0.3, -0.25) is 0 Å². The molecule has 82 N–H and O–H groups in total. The van der Waals surface area contributed by atoms with E-state index in [0.29, 0.717) is 0 Å². The van der Waals surface area contributed by atoms with Crippen molar-refractivity contribution in [2.45, 2.75) is 0 Å². The van der Waals surface area contributed by atoms with Crippen molar-refractivity contribution in [1.82, 2.24) is 0 Å². The minimum absolute atomic E-state index is 0. The van der Waals surface area contributed by atoms with Crippen molar-refractivity contribution < 1.29 is 475 Å². The van der Waals surface area contributed by atoms with Gasteiger partial charge in [0, 0.05) is 618 Å². The summed E-state index contributed by atoms with van der Waals surface area (Å²) in [5.41, 5.74) is 0. The minimum atomic E-state index is 0. The molecule has 0 heterocycles. The van der Waals surface area contributed by atoms with E-state index < -0.39 is 0 Å². The van der Waals surface area contributed by atoms with Crippen LogP contribution in [0.3, 0.4) is 0 Å². The van der Waals surface area contributed by atoms with Crippen LogP contribution in [0.25, 0.3) is 0 Å². The third-order valence-electron chi connectivity index (χ3n) is 0. The van der Waals surface area contributed by atoms with E-state index in [0.717, 1.165) is 0 Å². The monoisotopic (exact) mass is 3100 g/mol. The van der Waals surface area contributed by atoms with E-state index in [4.69, 9.17) is 0 Å². The second kappa shape index (κ2) is 1420. The second-order valence-corrected chi connectivity index (χ2v) is 0. The Labute approximate surface area is 819 Å². The van der Waals surface area contributed by atoms with Crippen LogP contribution in [0.2, 0.25) is 0 Å². The van der Waals surface area contributed by atoms with Crippen LogP contribution in [-0.2, 0) is 250 Å². The average Bonchev–Trinajstić information content (AvgIpc) is 0. The van der Waals surface area contributed by atoms with E-state index in [-0.39, 0.29) is 843 Å². The third-order valence-corrected chi connectivity index (χ3v) is 0. The molecule has 0 rings (SSSR count). The second-order valence-electron chi connectivity index (χ2n) is 0. The fourth-order valence-electron chi connectivity index (χ4n) is 0. The fraction of sp³-hybridized carbons (Fsp3) is 0. The van der Waals surface area contributed by atoms with Crippen molar-refractivity contribution in [3.05, 3.63) is 0 Å². The van der Waals surface area contributed by atoms with E-state index in [9.17, 15) is 0 Å². The summed E-state index contributed by atoms with van der Waals surface area (Å²) in [6.07, 6.45) is 0. The van der Waals surface area contributed by atoms with Crippen LogP contribution in [0.1, 0.15) is 0 Å². The summed E-state index contributed by atoms with van der Waals surface area (Å²) < 4.78 is 0. The average molecular weight is 3100 g/mol. The van der Waals surface area contributed by atoms with Crippen LogP contribution in [0, 0.1) is 0 Å². The van der Waals surface area contributed by atoms with Gasteiger partial charge in [-0.15, -0.1) is 0 Å². The van der Waals surface area contributed by atoms with Crippen molar-refractivity contribution >= 4 is 368 Å². The van der Waals surface area contributed by atoms with Gasteiger partial charge in [0.1, 0.15) is 0 Å². The van der Waals surface area contributed by atoms with E-state index in [2.05, 4.69) is 0 Å². The van der Waals surface area contributed by atoms with Gasteiger partial charge in [0.25, 0.3) is 0 Å². The Balaban J connectivity index is 0. The first-order chi connectivity index (χ1) is 0. The van der Waals surface area contributed by atoms with Crippen LogP contribution < -0.4 is 0 Å². The summed E-state index contributed by atoms with van der Waals surface area (Å²) in [4.78, 5) is 0. The first kappa shape index (κ1) is 1480. The van der Waals surface area contributed by atoms with E-state index in [1.807, 2.05) is 0 Å². The Morgan fingerprint density at radius 1 is 0.0820 bits per heavy atom. The summed E-state index contributed by atoms with van der Waals surface area (Å²) in [5, 5.41) is 0. The summed E-state index contributed by atoms with van der Waals surface area (Å²) >= 11 is 0. The summed E-state index contributed by atoms with van der Waals surface area (Å²) in [5.74, 6) is 0. The molecular formula is H82BK7O41VW11. The maximum atomic E-state index is 0. The molecule has 0 bridgehead atoms. The maximum Gasteiger partial charge on any atom is 0 e. The molecule has 0 unspecified atom stereocenters. The predicted octanol–water partition coefficient (Wildman–Crippen LogP) is -36.9. The molecule has 409 valence electrons. The molecule has 61 heteroatoms. The Morgan fingerprint density at radius 3 is 0.0820 bits per heavy atom. The van der Waals surface area contributed by atoms with Gasteiger partial charge < -0.3 is 225 Å². The molecule has 0 aromatic carbocycles. The number of hydrogen-bond donors (Lipinski definition) is 0. The Bertz CT molecular complexity index is 84.4. The van der Waals surface area contributed by atoms with Crippen LogP contribution in [0.15, 0.2) is 0 Å². The normalized spacial score (nSPS) is 0. The zero-order chi connectivity index (χ0) is 0. The van der Waals surface area contributed by atoms with Gasteiger partial charge in [0.05, 0.1) is 0 Å². The van der Waals surface area contributed by atoms with Gasteiger partial charge in [-0.25, -0.2) is 0 Å². The molecule has 0 atom stereocenters.